The second kappa shape index (κ2) is 3.00. The summed E-state index contributed by atoms with van der Waals surface area (Å²) in [7, 11) is 0. The molecule has 0 radical (unpaired) electrons. The molecular weight excluding hydrogens is 342 g/mol. The van der Waals surface area contributed by atoms with Crippen molar-refractivity contribution < 1.29 is 0 Å². The maximum atomic E-state index is 5.52. The number of hydrogen-bond donors (Lipinski definition) is 1. The van der Waals surface area contributed by atoms with Crippen LogP contribution in [0, 0.1) is 7.27 Å². The molecule has 1 rings (SSSR count). The molecule has 0 saturated heterocycles. The Kier molecular flexibility index (Phi) is 2.50. The van der Waals surface area contributed by atoms with Crippen molar-refractivity contribution in [2.24, 2.45) is 0 Å². The van der Waals surface area contributed by atoms with E-state index in [0.717, 1.165) is 13.0 Å². The van der Waals surface area contributed by atoms with Gasteiger partial charge in [0.15, 0.2) is 0 Å². The number of hydrogen-bond acceptors (Lipinski definition) is 2. The van der Waals surface area contributed by atoms with E-state index in [1.807, 2.05) is 6.07 Å². The monoisotopic (exact) mass is 346 g/mol. The first-order valence-corrected chi connectivity index (χ1v) is 4.42. The van der Waals surface area contributed by atoms with E-state index < -0.39 is 0 Å². The molecule has 2 nitrogen and oxygen atoms in total. The molecule has 0 unspecified atom stereocenters. The van der Waals surface area contributed by atoms with Crippen LogP contribution in [0.15, 0.2) is 12.3 Å². The molecule has 4 heteroatoms. The van der Waals surface area contributed by atoms with Crippen LogP contribution in [0.4, 0.5) is 5.69 Å². The molecule has 9 heavy (non-hydrogen) atoms. The molecule has 1 heterocycles. The lowest BCUT2D eigenvalue weighted by atomic mass is 10.4. The van der Waals surface area contributed by atoms with E-state index >= 15 is 0 Å². The van der Waals surface area contributed by atoms with E-state index in [-0.39, 0.29) is 0 Å². The van der Waals surface area contributed by atoms with Crippen LogP contribution < -0.4 is 5.73 Å². The van der Waals surface area contributed by atoms with E-state index in [9.17, 15) is 0 Å². The Labute approximate surface area is 80.5 Å². The van der Waals surface area contributed by atoms with Crippen molar-refractivity contribution in [3.8, 4) is 0 Å². The number of nitrogens with two attached hydrogens (primary N) is 1. The zero-order valence-corrected chi connectivity index (χ0v) is 8.75. The summed E-state index contributed by atoms with van der Waals surface area (Å²) >= 11 is 4.33. The van der Waals surface area contributed by atoms with Crippen LogP contribution in [-0.4, -0.2) is 4.98 Å². The Hall–Kier alpha value is 0.410. The zero-order chi connectivity index (χ0) is 6.85. The molecule has 0 atom stereocenters. The number of nitrogens with zero attached hydrogens (tertiary/aromatic N) is 1. The number of anilines is 1. The van der Waals surface area contributed by atoms with Crippen molar-refractivity contribution in [1.29, 1.82) is 0 Å². The summed E-state index contributed by atoms with van der Waals surface area (Å²) in [6, 6.07) is 1.94. The number of aromatic nitrogens is 1. The van der Waals surface area contributed by atoms with Crippen LogP contribution in [-0.2, 0) is 0 Å². The molecule has 0 saturated carbocycles. The van der Waals surface area contributed by atoms with Crippen LogP contribution in [0.5, 0.6) is 0 Å². The van der Waals surface area contributed by atoms with Gasteiger partial charge in [-0.3, -0.25) is 0 Å². The molecule has 0 aromatic carbocycles. The number of rotatable bonds is 0. The molecule has 0 spiro atoms. The number of halogens is 2. The highest BCUT2D eigenvalue weighted by atomic mass is 127. The fraction of sp³-hybridized carbons (Fsp3) is 0. The minimum absolute atomic E-state index is 0.746. The molecule has 0 aliphatic carbocycles. The predicted octanol–water partition coefficient (Wildman–Crippen LogP) is 1.87. The molecule has 0 aliphatic rings. The first-order valence-electron chi connectivity index (χ1n) is 2.26. The molecule has 1 aromatic heterocycles. The lowest BCUT2D eigenvalue weighted by molar-refractivity contribution is 1.26. The third-order valence-corrected chi connectivity index (χ3v) is 2.37. The van der Waals surface area contributed by atoms with E-state index in [2.05, 4.69) is 50.2 Å². The van der Waals surface area contributed by atoms with Crippen molar-refractivity contribution in [2.75, 3.05) is 5.73 Å². The fourth-order valence-electron chi connectivity index (χ4n) is 0.418. The minimum atomic E-state index is 0.746. The Morgan fingerprint density at radius 3 is 2.56 bits per heavy atom. The van der Waals surface area contributed by atoms with Gasteiger partial charge < -0.3 is 5.73 Å². The molecular formula is C5H4I2N2. The quantitative estimate of drug-likeness (QED) is 0.576. The number of nitrogen functional groups attached to an aromatic ring is 1. The van der Waals surface area contributed by atoms with Gasteiger partial charge in [0.05, 0.1) is 11.9 Å². The highest BCUT2D eigenvalue weighted by molar-refractivity contribution is 14.1. The van der Waals surface area contributed by atoms with Crippen molar-refractivity contribution in [2.45, 2.75) is 0 Å². The highest BCUT2D eigenvalue weighted by Gasteiger charge is 1.93. The third-order valence-electron chi connectivity index (χ3n) is 0.849. The molecule has 48 valence electrons. The second-order valence-corrected chi connectivity index (χ2v) is 3.80. The zero-order valence-electron chi connectivity index (χ0n) is 4.44. The SMILES string of the molecule is Nc1cnc(I)cc1I. The largest absolute Gasteiger partial charge is 0.397 e. The van der Waals surface area contributed by atoms with Gasteiger partial charge in [0, 0.05) is 3.57 Å². The van der Waals surface area contributed by atoms with Gasteiger partial charge in [0.2, 0.25) is 0 Å². The summed E-state index contributed by atoms with van der Waals surface area (Å²) in [5.74, 6) is 0. The van der Waals surface area contributed by atoms with Crippen LogP contribution in [0.1, 0.15) is 0 Å². The van der Waals surface area contributed by atoms with E-state index in [1.54, 1.807) is 6.20 Å². The van der Waals surface area contributed by atoms with Crippen molar-refractivity contribution in [3.05, 3.63) is 19.5 Å². The highest BCUT2D eigenvalue weighted by Crippen LogP contribution is 2.14. The fourth-order valence-corrected chi connectivity index (χ4v) is 1.90. The second-order valence-electron chi connectivity index (χ2n) is 1.53. The van der Waals surface area contributed by atoms with Crippen molar-refractivity contribution in [3.63, 3.8) is 0 Å². The van der Waals surface area contributed by atoms with Crippen molar-refractivity contribution in [1.82, 2.24) is 4.98 Å². The molecule has 0 fully saturated rings. The maximum Gasteiger partial charge on any atom is 0.102 e. The maximum absolute atomic E-state index is 5.52. The summed E-state index contributed by atoms with van der Waals surface area (Å²) in [4.78, 5) is 4.00. The normalized spacial score (nSPS) is 9.56. The summed E-state index contributed by atoms with van der Waals surface area (Å²) in [5.41, 5.74) is 6.26. The summed E-state index contributed by atoms with van der Waals surface area (Å²) in [5, 5.41) is 0. The van der Waals surface area contributed by atoms with Crippen LogP contribution >= 0.6 is 45.2 Å². The molecule has 0 bridgehead atoms. The minimum Gasteiger partial charge on any atom is -0.397 e. The van der Waals surface area contributed by atoms with E-state index in [4.69, 9.17) is 5.73 Å². The van der Waals surface area contributed by atoms with Crippen molar-refractivity contribution >= 4 is 50.9 Å². The molecule has 0 amide bonds. The van der Waals surface area contributed by atoms with Crippen LogP contribution in [0.3, 0.4) is 0 Å². The third kappa shape index (κ3) is 1.92. The summed E-state index contributed by atoms with van der Waals surface area (Å²) < 4.78 is 2.04. The Morgan fingerprint density at radius 2 is 2.11 bits per heavy atom. The average Bonchev–Trinajstić information content (AvgIpc) is 1.80. The number of pyridine rings is 1. The predicted molar refractivity (Wildman–Crippen MR) is 54.1 cm³/mol. The van der Waals surface area contributed by atoms with Gasteiger partial charge in [-0.25, -0.2) is 4.98 Å². The van der Waals surface area contributed by atoms with Gasteiger partial charge >= 0.3 is 0 Å². The Balaban J connectivity index is 3.17. The lowest BCUT2D eigenvalue weighted by Gasteiger charge is -1.94. The first-order chi connectivity index (χ1) is 4.20. The van der Waals surface area contributed by atoms with Gasteiger partial charge in [-0.15, -0.1) is 0 Å². The van der Waals surface area contributed by atoms with Gasteiger partial charge in [-0.2, -0.15) is 0 Å². The van der Waals surface area contributed by atoms with Crippen LogP contribution in [0.2, 0.25) is 0 Å². The molecule has 0 aliphatic heterocycles. The smallest absolute Gasteiger partial charge is 0.102 e. The lowest BCUT2D eigenvalue weighted by Crippen LogP contribution is -1.91. The van der Waals surface area contributed by atoms with Gasteiger partial charge in [-0.1, -0.05) is 0 Å². The van der Waals surface area contributed by atoms with Crippen LogP contribution in [0.25, 0.3) is 0 Å². The average molecular weight is 346 g/mol. The van der Waals surface area contributed by atoms with E-state index in [0.29, 0.717) is 0 Å². The molecule has 1 aromatic rings. The van der Waals surface area contributed by atoms with Gasteiger partial charge in [0.1, 0.15) is 3.70 Å². The standard InChI is InChI=1S/C5H4I2N2/c6-3-1-5(7)9-2-4(3)8/h1-2H,8H2. The van der Waals surface area contributed by atoms with Gasteiger partial charge in [0.25, 0.3) is 0 Å². The summed E-state index contributed by atoms with van der Waals surface area (Å²) in [6.07, 6.45) is 1.67. The molecule has 2 N–H and O–H groups in total. The van der Waals surface area contributed by atoms with Gasteiger partial charge in [-0.05, 0) is 51.2 Å². The summed E-state index contributed by atoms with van der Waals surface area (Å²) in [6.45, 7) is 0. The Morgan fingerprint density at radius 1 is 1.44 bits per heavy atom. The van der Waals surface area contributed by atoms with E-state index in [1.165, 1.54) is 0 Å². The Bertz CT molecular complexity index is 224. The topological polar surface area (TPSA) is 38.9 Å². The first kappa shape index (κ1) is 7.52.